The average Bonchev–Trinajstić information content (AvgIpc) is 2.63. The van der Waals surface area contributed by atoms with Gasteiger partial charge in [-0.3, -0.25) is 10.1 Å². The first-order chi connectivity index (χ1) is 11.6. The van der Waals surface area contributed by atoms with Gasteiger partial charge in [-0.15, -0.1) is 0 Å². The van der Waals surface area contributed by atoms with Gasteiger partial charge in [0, 0.05) is 44.6 Å². The van der Waals surface area contributed by atoms with E-state index in [1.807, 2.05) is 23.1 Å². The van der Waals surface area contributed by atoms with Crippen LogP contribution in [0.15, 0.2) is 47.7 Å². The van der Waals surface area contributed by atoms with Crippen LogP contribution in [-0.2, 0) is 0 Å². The summed E-state index contributed by atoms with van der Waals surface area (Å²) in [5.74, 6) is 1.18. The predicted molar refractivity (Wildman–Crippen MR) is 90.2 cm³/mol. The van der Waals surface area contributed by atoms with Gasteiger partial charge in [-0.05, 0) is 18.2 Å². The van der Waals surface area contributed by atoms with Crippen molar-refractivity contribution in [2.24, 2.45) is 10.7 Å². The lowest BCUT2D eigenvalue weighted by Crippen LogP contribution is -2.51. The molecular formula is C15H17N7O2. The van der Waals surface area contributed by atoms with Crippen LogP contribution in [0.3, 0.4) is 0 Å². The molecule has 2 N–H and O–H groups in total. The summed E-state index contributed by atoms with van der Waals surface area (Å²) in [5, 5.41) is 11.0. The third-order valence-corrected chi connectivity index (χ3v) is 3.76. The monoisotopic (exact) mass is 327 g/mol. The van der Waals surface area contributed by atoms with Gasteiger partial charge in [0.05, 0.1) is 4.92 Å². The molecule has 3 rings (SSSR count). The number of pyridine rings is 2. The molecule has 0 spiro atoms. The summed E-state index contributed by atoms with van der Waals surface area (Å²) in [6.45, 7) is 2.81. The van der Waals surface area contributed by atoms with Crippen LogP contribution in [0, 0.1) is 10.1 Å². The molecule has 0 bridgehead atoms. The molecule has 0 atom stereocenters. The molecular weight excluding hydrogens is 310 g/mol. The van der Waals surface area contributed by atoms with Crippen LogP contribution < -0.4 is 10.6 Å². The minimum absolute atomic E-state index is 0.0205. The van der Waals surface area contributed by atoms with E-state index in [1.54, 1.807) is 6.20 Å². The predicted octanol–water partition coefficient (Wildman–Crippen LogP) is 1.15. The van der Waals surface area contributed by atoms with E-state index >= 15 is 0 Å². The Balaban J connectivity index is 1.69. The summed E-state index contributed by atoms with van der Waals surface area (Å²) in [6.07, 6.45) is 3.22. The van der Waals surface area contributed by atoms with Crippen LogP contribution >= 0.6 is 0 Å². The number of guanidine groups is 1. The topological polar surface area (TPSA) is 114 Å². The zero-order valence-electron chi connectivity index (χ0n) is 12.9. The summed E-state index contributed by atoms with van der Waals surface area (Å²) in [4.78, 5) is 26.9. The molecule has 0 aromatic carbocycles. The highest BCUT2D eigenvalue weighted by Gasteiger charge is 2.21. The molecule has 1 saturated heterocycles. The van der Waals surface area contributed by atoms with Gasteiger partial charge in [-0.25, -0.2) is 9.97 Å². The molecule has 9 heteroatoms. The fourth-order valence-corrected chi connectivity index (χ4v) is 2.50. The summed E-state index contributed by atoms with van der Waals surface area (Å²) in [5.41, 5.74) is 5.85. The van der Waals surface area contributed by atoms with Gasteiger partial charge in [0.25, 0.3) is 0 Å². The molecule has 24 heavy (non-hydrogen) atoms. The second-order valence-corrected chi connectivity index (χ2v) is 5.24. The Morgan fingerprint density at radius 1 is 1.12 bits per heavy atom. The van der Waals surface area contributed by atoms with Crippen LogP contribution in [0.2, 0.25) is 0 Å². The van der Waals surface area contributed by atoms with Crippen LogP contribution in [0.4, 0.5) is 17.3 Å². The second-order valence-electron chi connectivity index (χ2n) is 5.24. The Hall–Kier alpha value is -3.23. The van der Waals surface area contributed by atoms with Crippen molar-refractivity contribution in [1.82, 2.24) is 14.9 Å². The molecule has 1 aliphatic rings. The van der Waals surface area contributed by atoms with Crippen molar-refractivity contribution in [3.63, 3.8) is 0 Å². The third kappa shape index (κ3) is 3.40. The molecule has 0 saturated carbocycles. The number of piperazine rings is 1. The van der Waals surface area contributed by atoms with E-state index in [0.717, 1.165) is 18.9 Å². The van der Waals surface area contributed by atoms with Gasteiger partial charge in [-0.2, -0.15) is 4.99 Å². The molecule has 2 aromatic heterocycles. The number of nitrogens with zero attached hydrogens (tertiary/aromatic N) is 6. The summed E-state index contributed by atoms with van der Waals surface area (Å²) in [6, 6.07) is 8.65. The van der Waals surface area contributed by atoms with E-state index < -0.39 is 4.92 Å². The molecule has 124 valence electrons. The first-order valence-electron chi connectivity index (χ1n) is 7.49. The zero-order chi connectivity index (χ0) is 16.9. The van der Waals surface area contributed by atoms with E-state index in [0.29, 0.717) is 13.1 Å². The van der Waals surface area contributed by atoms with E-state index in [9.17, 15) is 10.1 Å². The molecule has 2 aromatic rings. The smallest absolute Gasteiger partial charge is 0.313 e. The maximum atomic E-state index is 11.0. The number of hydrogen-bond acceptors (Lipinski definition) is 6. The number of rotatable bonds is 3. The molecule has 0 radical (unpaired) electrons. The zero-order valence-corrected chi connectivity index (χ0v) is 12.9. The van der Waals surface area contributed by atoms with Crippen molar-refractivity contribution >= 4 is 23.3 Å². The molecule has 9 nitrogen and oxygen atoms in total. The minimum Gasteiger partial charge on any atom is -0.369 e. The largest absolute Gasteiger partial charge is 0.369 e. The minimum atomic E-state index is -0.516. The van der Waals surface area contributed by atoms with Gasteiger partial charge in [0.1, 0.15) is 5.82 Å². The summed E-state index contributed by atoms with van der Waals surface area (Å²) < 4.78 is 0. The highest BCUT2D eigenvalue weighted by molar-refractivity contribution is 5.82. The first kappa shape index (κ1) is 15.7. The number of anilines is 1. The first-order valence-corrected chi connectivity index (χ1v) is 7.49. The summed E-state index contributed by atoms with van der Waals surface area (Å²) >= 11 is 0. The molecule has 0 unspecified atom stereocenters. The van der Waals surface area contributed by atoms with Gasteiger partial charge in [0.2, 0.25) is 5.82 Å². The number of aromatic nitrogens is 2. The van der Waals surface area contributed by atoms with Crippen molar-refractivity contribution in [3.05, 3.63) is 52.8 Å². The number of nitrogens with two attached hydrogens (primary N) is 1. The van der Waals surface area contributed by atoms with Crippen LogP contribution in [-0.4, -0.2) is 51.9 Å². The number of nitro groups is 1. The van der Waals surface area contributed by atoms with Crippen molar-refractivity contribution < 1.29 is 4.92 Å². The Labute approximate surface area is 138 Å². The Morgan fingerprint density at radius 3 is 2.54 bits per heavy atom. The molecule has 3 heterocycles. The maximum absolute atomic E-state index is 11.0. The Morgan fingerprint density at radius 2 is 1.88 bits per heavy atom. The molecule has 0 amide bonds. The average molecular weight is 327 g/mol. The maximum Gasteiger partial charge on any atom is 0.313 e. The van der Waals surface area contributed by atoms with Crippen LogP contribution in [0.5, 0.6) is 0 Å². The van der Waals surface area contributed by atoms with Crippen molar-refractivity contribution in [1.29, 1.82) is 0 Å². The van der Waals surface area contributed by atoms with Gasteiger partial charge in [-0.1, -0.05) is 6.07 Å². The fourth-order valence-electron chi connectivity index (χ4n) is 2.50. The third-order valence-electron chi connectivity index (χ3n) is 3.76. The quantitative estimate of drug-likeness (QED) is 0.389. The van der Waals surface area contributed by atoms with E-state index in [4.69, 9.17) is 5.73 Å². The summed E-state index contributed by atoms with van der Waals surface area (Å²) in [7, 11) is 0. The van der Waals surface area contributed by atoms with E-state index in [1.165, 1.54) is 18.3 Å². The number of aliphatic imine (C=N–C) groups is 1. The highest BCUT2D eigenvalue weighted by Crippen LogP contribution is 2.23. The van der Waals surface area contributed by atoms with Crippen molar-refractivity contribution in [2.75, 3.05) is 31.1 Å². The fraction of sp³-hybridized carbons (Fsp3) is 0.267. The molecule has 0 aliphatic carbocycles. The van der Waals surface area contributed by atoms with Crippen LogP contribution in [0.25, 0.3) is 0 Å². The van der Waals surface area contributed by atoms with Gasteiger partial charge < -0.3 is 15.5 Å². The normalized spacial score (nSPS) is 15.4. The van der Waals surface area contributed by atoms with Crippen molar-refractivity contribution in [2.45, 2.75) is 0 Å². The Bertz CT molecular complexity index is 742. The van der Waals surface area contributed by atoms with E-state index in [-0.39, 0.29) is 17.5 Å². The number of hydrogen-bond donors (Lipinski definition) is 1. The lowest BCUT2D eigenvalue weighted by Gasteiger charge is -2.35. The Kier molecular flexibility index (Phi) is 4.50. The standard InChI is InChI=1S/C15H17N7O2/c16-15(19-14-12(22(23)24)4-3-7-18-14)21-10-8-20(9-11-21)13-5-1-2-6-17-13/h1-7H,8-11H2,(H2,16,18,19). The van der Waals surface area contributed by atoms with Crippen molar-refractivity contribution in [3.8, 4) is 0 Å². The van der Waals surface area contributed by atoms with Gasteiger partial charge >= 0.3 is 5.69 Å². The van der Waals surface area contributed by atoms with E-state index in [2.05, 4.69) is 19.9 Å². The second kappa shape index (κ2) is 6.90. The molecule has 1 aliphatic heterocycles. The van der Waals surface area contributed by atoms with Crippen LogP contribution in [0.1, 0.15) is 0 Å². The highest BCUT2D eigenvalue weighted by atomic mass is 16.6. The molecule has 1 fully saturated rings. The van der Waals surface area contributed by atoms with Gasteiger partial charge in [0.15, 0.2) is 5.96 Å². The lowest BCUT2D eigenvalue weighted by atomic mass is 10.3. The lowest BCUT2D eigenvalue weighted by molar-refractivity contribution is -0.384. The SMILES string of the molecule is N/C(=N\c1ncccc1[N+](=O)[O-])N1CCN(c2ccccn2)CC1.